The Hall–Kier alpha value is -1.99. The number of carbonyl (C=O) groups is 1. The molecule has 1 aliphatic rings. The van der Waals surface area contributed by atoms with Crippen LogP contribution in [0.4, 0.5) is 0 Å². The summed E-state index contributed by atoms with van der Waals surface area (Å²) in [4.78, 5) is 23.3. The summed E-state index contributed by atoms with van der Waals surface area (Å²) in [7, 11) is 0. The van der Waals surface area contributed by atoms with Gasteiger partial charge in [-0.1, -0.05) is 6.07 Å². The second-order valence-corrected chi connectivity index (χ2v) is 7.56. The van der Waals surface area contributed by atoms with Crippen LogP contribution < -0.4 is 5.32 Å². The van der Waals surface area contributed by atoms with Crippen LogP contribution in [0.1, 0.15) is 27.6 Å². The van der Waals surface area contributed by atoms with Gasteiger partial charge in [-0.2, -0.15) is 0 Å². The highest BCUT2D eigenvalue weighted by Gasteiger charge is 2.23. The summed E-state index contributed by atoms with van der Waals surface area (Å²) in [6.07, 6.45) is 5.62. The van der Waals surface area contributed by atoms with Crippen molar-refractivity contribution in [1.29, 1.82) is 0 Å². The molecule has 3 aromatic rings. The third-order valence-corrected chi connectivity index (χ3v) is 6.20. The number of aryl methyl sites for hydroxylation is 2. The maximum absolute atomic E-state index is 12.6. The SMILES string of the molecule is Cc1nc(-c2cccs2)sc1C(=O)N[C@@H]1CCc2nccn2C1. The van der Waals surface area contributed by atoms with Gasteiger partial charge in [-0.3, -0.25) is 4.79 Å². The van der Waals surface area contributed by atoms with Crippen molar-refractivity contribution in [2.24, 2.45) is 0 Å². The first kappa shape index (κ1) is 14.6. The fourth-order valence-electron chi connectivity index (χ4n) is 2.85. The monoisotopic (exact) mass is 344 g/mol. The van der Waals surface area contributed by atoms with Gasteiger partial charge in [0.2, 0.25) is 0 Å². The molecule has 0 fully saturated rings. The largest absolute Gasteiger partial charge is 0.347 e. The second kappa shape index (κ2) is 5.90. The normalized spacial score (nSPS) is 17.0. The van der Waals surface area contributed by atoms with Gasteiger partial charge < -0.3 is 9.88 Å². The van der Waals surface area contributed by atoms with E-state index in [0.29, 0.717) is 4.88 Å². The third kappa shape index (κ3) is 2.82. The van der Waals surface area contributed by atoms with Gasteiger partial charge in [0.1, 0.15) is 15.7 Å². The molecule has 4 heterocycles. The number of carbonyl (C=O) groups excluding carboxylic acids is 1. The first-order valence-electron chi connectivity index (χ1n) is 7.53. The van der Waals surface area contributed by atoms with Gasteiger partial charge in [0, 0.05) is 31.4 Å². The number of amides is 1. The number of hydrogen-bond donors (Lipinski definition) is 1. The number of nitrogens with zero attached hydrogens (tertiary/aromatic N) is 3. The van der Waals surface area contributed by atoms with Crippen molar-refractivity contribution in [1.82, 2.24) is 19.9 Å². The van der Waals surface area contributed by atoms with E-state index in [1.165, 1.54) is 11.3 Å². The highest BCUT2D eigenvalue weighted by molar-refractivity contribution is 7.22. The molecule has 3 aromatic heterocycles. The van der Waals surface area contributed by atoms with Crippen molar-refractivity contribution in [3.8, 4) is 9.88 Å². The molecule has 0 unspecified atom stereocenters. The zero-order valence-corrected chi connectivity index (χ0v) is 14.3. The van der Waals surface area contributed by atoms with Crippen LogP contribution in [-0.2, 0) is 13.0 Å². The Kier molecular flexibility index (Phi) is 3.74. The van der Waals surface area contributed by atoms with Crippen LogP contribution in [0.15, 0.2) is 29.9 Å². The molecule has 0 saturated heterocycles. The standard InChI is InChI=1S/C16H16N4OS2/c1-10-14(23-16(18-10)12-3-2-8-22-12)15(21)19-11-4-5-13-17-6-7-20(13)9-11/h2-3,6-8,11H,4-5,9H2,1H3,(H,19,21)/t11-/m1/s1. The minimum atomic E-state index is -0.0172. The predicted molar refractivity (Wildman–Crippen MR) is 92.0 cm³/mol. The van der Waals surface area contributed by atoms with E-state index in [1.54, 1.807) is 11.3 Å². The first-order valence-corrected chi connectivity index (χ1v) is 9.22. The highest BCUT2D eigenvalue weighted by Crippen LogP contribution is 2.31. The van der Waals surface area contributed by atoms with Crippen LogP contribution in [0.25, 0.3) is 9.88 Å². The average Bonchev–Trinajstić information content (AvgIpc) is 3.26. The number of thiazole rings is 1. The second-order valence-electron chi connectivity index (χ2n) is 5.62. The van der Waals surface area contributed by atoms with Crippen molar-refractivity contribution in [2.75, 3.05) is 0 Å². The Morgan fingerprint density at radius 2 is 2.39 bits per heavy atom. The summed E-state index contributed by atoms with van der Waals surface area (Å²) in [6, 6.07) is 4.18. The molecule has 0 radical (unpaired) electrons. The van der Waals surface area contributed by atoms with E-state index in [1.807, 2.05) is 36.8 Å². The highest BCUT2D eigenvalue weighted by atomic mass is 32.1. The molecule has 23 heavy (non-hydrogen) atoms. The Morgan fingerprint density at radius 1 is 1.48 bits per heavy atom. The van der Waals surface area contributed by atoms with Gasteiger partial charge in [-0.05, 0) is 24.8 Å². The Balaban J connectivity index is 1.50. The molecular weight excluding hydrogens is 328 g/mol. The molecule has 0 aromatic carbocycles. The minimum Gasteiger partial charge on any atom is -0.347 e. The summed E-state index contributed by atoms with van der Waals surface area (Å²) in [6.45, 7) is 2.69. The lowest BCUT2D eigenvalue weighted by atomic mass is 10.1. The van der Waals surface area contributed by atoms with Gasteiger partial charge >= 0.3 is 0 Å². The molecular formula is C16H16N4OS2. The van der Waals surface area contributed by atoms with Gasteiger partial charge in [-0.25, -0.2) is 9.97 Å². The number of nitrogens with one attached hydrogen (secondary N) is 1. The van der Waals surface area contributed by atoms with Gasteiger partial charge in [0.25, 0.3) is 5.91 Å². The minimum absolute atomic E-state index is 0.0172. The van der Waals surface area contributed by atoms with Crippen LogP contribution >= 0.6 is 22.7 Å². The number of aromatic nitrogens is 3. The number of thiophene rings is 1. The lowest BCUT2D eigenvalue weighted by Crippen LogP contribution is -2.40. The molecule has 0 aliphatic carbocycles. The number of hydrogen-bond acceptors (Lipinski definition) is 5. The lowest BCUT2D eigenvalue weighted by molar-refractivity contribution is 0.0931. The van der Waals surface area contributed by atoms with Crippen molar-refractivity contribution < 1.29 is 4.79 Å². The summed E-state index contributed by atoms with van der Waals surface area (Å²) in [5.74, 6) is 1.08. The maximum atomic E-state index is 12.6. The predicted octanol–water partition coefficient (Wildman–Crippen LogP) is 3.12. The van der Waals surface area contributed by atoms with Crippen molar-refractivity contribution in [3.63, 3.8) is 0 Å². The van der Waals surface area contributed by atoms with Crippen LogP contribution in [0, 0.1) is 6.92 Å². The van der Waals surface area contributed by atoms with E-state index in [0.717, 1.165) is 40.8 Å². The molecule has 0 bridgehead atoms. The average molecular weight is 344 g/mol. The topological polar surface area (TPSA) is 59.8 Å². The summed E-state index contributed by atoms with van der Waals surface area (Å²) in [5.41, 5.74) is 0.801. The van der Waals surface area contributed by atoms with E-state index in [2.05, 4.69) is 19.9 Å². The van der Waals surface area contributed by atoms with E-state index >= 15 is 0 Å². The molecule has 118 valence electrons. The summed E-state index contributed by atoms with van der Waals surface area (Å²) < 4.78 is 2.12. The summed E-state index contributed by atoms with van der Waals surface area (Å²) >= 11 is 3.11. The van der Waals surface area contributed by atoms with Gasteiger partial charge in [0.05, 0.1) is 10.6 Å². The van der Waals surface area contributed by atoms with Crippen molar-refractivity contribution >= 4 is 28.6 Å². The van der Waals surface area contributed by atoms with E-state index < -0.39 is 0 Å². The Labute approximate surface area is 142 Å². The smallest absolute Gasteiger partial charge is 0.263 e. The molecule has 1 atom stereocenters. The maximum Gasteiger partial charge on any atom is 0.263 e. The van der Waals surface area contributed by atoms with Gasteiger partial charge in [-0.15, -0.1) is 22.7 Å². The quantitative estimate of drug-likeness (QED) is 0.794. The van der Waals surface area contributed by atoms with Crippen LogP contribution in [0.2, 0.25) is 0 Å². The van der Waals surface area contributed by atoms with Crippen LogP contribution in [0.3, 0.4) is 0 Å². The molecule has 1 N–H and O–H groups in total. The molecule has 1 aliphatic heterocycles. The zero-order valence-electron chi connectivity index (χ0n) is 12.7. The van der Waals surface area contributed by atoms with E-state index in [9.17, 15) is 4.79 Å². The van der Waals surface area contributed by atoms with Crippen LogP contribution in [-0.4, -0.2) is 26.5 Å². The van der Waals surface area contributed by atoms with Crippen molar-refractivity contribution in [3.05, 3.63) is 46.3 Å². The first-order chi connectivity index (χ1) is 11.2. The fraction of sp³-hybridized carbons (Fsp3) is 0.312. The van der Waals surface area contributed by atoms with E-state index in [4.69, 9.17) is 0 Å². The van der Waals surface area contributed by atoms with Crippen molar-refractivity contribution in [2.45, 2.75) is 32.4 Å². The summed E-state index contributed by atoms with van der Waals surface area (Å²) in [5, 5.41) is 6.10. The fourth-order valence-corrected chi connectivity index (χ4v) is 4.61. The molecule has 0 saturated carbocycles. The van der Waals surface area contributed by atoms with Gasteiger partial charge in [0.15, 0.2) is 0 Å². The van der Waals surface area contributed by atoms with Crippen LogP contribution in [0.5, 0.6) is 0 Å². The number of rotatable bonds is 3. The number of imidazole rings is 1. The molecule has 1 amide bonds. The van der Waals surface area contributed by atoms with E-state index in [-0.39, 0.29) is 11.9 Å². The lowest BCUT2D eigenvalue weighted by Gasteiger charge is -2.24. The molecule has 5 nitrogen and oxygen atoms in total. The molecule has 0 spiro atoms. The third-order valence-electron chi connectivity index (χ3n) is 4.01. The molecule has 4 rings (SSSR count). The Morgan fingerprint density at radius 3 is 3.22 bits per heavy atom. The number of fused-ring (bicyclic) bond motifs is 1. The Bertz CT molecular complexity index is 834. The molecule has 7 heteroatoms. The zero-order chi connectivity index (χ0) is 15.8.